The van der Waals surface area contributed by atoms with Crippen molar-refractivity contribution in [2.45, 2.75) is 58.4 Å². The summed E-state index contributed by atoms with van der Waals surface area (Å²) < 4.78 is 0. The van der Waals surface area contributed by atoms with Crippen LogP contribution >= 0.6 is 0 Å². The first-order valence-corrected chi connectivity index (χ1v) is 10.9. The molecule has 1 aromatic carbocycles. The van der Waals surface area contributed by atoms with Crippen LogP contribution in [0.2, 0.25) is 0 Å². The molecule has 2 aliphatic heterocycles. The number of carbonyl (C=O) groups excluding carboxylic acids is 4. The lowest BCUT2D eigenvalue weighted by Gasteiger charge is -2.43. The number of urea groups is 1. The smallest absolute Gasteiger partial charge is 0.323 e. The molecule has 1 spiro atoms. The van der Waals surface area contributed by atoms with Crippen LogP contribution in [0.25, 0.3) is 0 Å². The predicted octanol–water partition coefficient (Wildman–Crippen LogP) is 2.89. The van der Waals surface area contributed by atoms with E-state index in [0.29, 0.717) is 43.1 Å². The zero-order chi connectivity index (χ0) is 22.4. The molecule has 2 atom stereocenters. The number of hydrogen-bond acceptors (Lipinski definition) is 4. The normalized spacial score (nSPS) is 27.7. The Morgan fingerprint density at radius 2 is 1.94 bits per heavy atom. The van der Waals surface area contributed by atoms with Crippen molar-refractivity contribution >= 4 is 35.1 Å². The quantitative estimate of drug-likeness (QED) is 0.723. The van der Waals surface area contributed by atoms with Crippen LogP contribution in [0, 0.1) is 11.3 Å². The van der Waals surface area contributed by atoms with Crippen molar-refractivity contribution in [3.05, 3.63) is 24.3 Å². The Kier molecular flexibility index (Phi) is 5.27. The largest absolute Gasteiger partial charge is 0.325 e. The first kappa shape index (κ1) is 21.3. The van der Waals surface area contributed by atoms with Gasteiger partial charge in [-0.15, -0.1) is 0 Å². The molecule has 3 fully saturated rings. The van der Waals surface area contributed by atoms with Gasteiger partial charge in [0.15, 0.2) is 0 Å². The van der Waals surface area contributed by atoms with Crippen LogP contribution in [0.15, 0.2) is 24.3 Å². The molecular formula is C23H30N4O4. The summed E-state index contributed by atoms with van der Waals surface area (Å²) >= 11 is 0. The highest BCUT2D eigenvalue weighted by Gasteiger charge is 2.56. The third-order valence-electron chi connectivity index (χ3n) is 6.47. The van der Waals surface area contributed by atoms with Crippen molar-refractivity contribution in [3.8, 4) is 0 Å². The maximum absolute atomic E-state index is 13.2. The molecule has 166 valence electrons. The number of imide groups is 1. The minimum absolute atomic E-state index is 0.0202. The minimum atomic E-state index is -0.932. The van der Waals surface area contributed by atoms with Gasteiger partial charge in [0.2, 0.25) is 11.8 Å². The molecule has 1 saturated carbocycles. The van der Waals surface area contributed by atoms with Gasteiger partial charge in [0.25, 0.3) is 5.91 Å². The van der Waals surface area contributed by atoms with Gasteiger partial charge in [-0.05, 0) is 49.1 Å². The van der Waals surface area contributed by atoms with Crippen LogP contribution in [0.4, 0.5) is 16.2 Å². The number of nitrogens with zero attached hydrogens (tertiary/aromatic N) is 2. The average Bonchev–Trinajstić information content (AvgIpc) is 3.17. The number of carbonyl (C=O) groups is 4. The monoisotopic (exact) mass is 426 g/mol. The van der Waals surface area contributed by atoms with Gasteiger partial charge in [0.1, 0.15) is 12.1 Å². The Bertz CT molecular complexity index is 943. The standard InChI is InChI=1S/C23H30N4O4/c1-15-11-22(2,3)14-23(12-15)20(30)27(21(31)25-23)13-18(28)24-16-7-4-5-8-17(16)26-10-6-9-19(26)29/h4-5,7-8,15H,6,9-14H2,1-3H3,(H,24,28)(H,25,31)/t15-,23+/m0/s1. The second kappa shape index (κ2) is 7.66. The third-order valence-corrected chi connectivity index (χ3v) is 6.47. The zero-order valence-electron chi connectivity index (χ0n) is 18.4. The highest BCUT2D eigenvalue weighted by Crippen LogP contribution is 2.46. The van der Waals surface area contributed by atoms with E-state index in [1.807, 2.05) is 6.07 Å². The molecule has 8 heteroatoms. The highest BCUT2D eigenvalue weighted by molar-refractivity contribution is 6.11. The molecule has 5 amide bonds. The summed E-state index contributed by atoms with van der Waals surface area (Å²) in [5.41, 5.74) is 0.130. The zero-order valence-corrected chi connectivity index (χ0v) is 18.4. The lowest BCUT2D eigenvalue weighted by Crippen LogP contribution is -2.54. The Balaban J connectivity index is 1.48. The van der Waals surface area contributed by atoms with Gasteiger partial charge in [0, 0.05) is 13.0 Å². The Labute approximate surface area is 182 Å². The molecule has 0 aromatic heterocycles. The fourth-order valence-corrected chi connectivity index (χ4v) is 5.70. The molecule has 3 aliphatic rings. The van der Waals surface area contributed by atoms with Gasteiger partial charge < -0.3 is 15.5 Å². The van der Waals surface area contributed by atoms with Crippen LogP contribution in [0.3, 0.4) is 0 Å². The fraction of sp³-hybridized carbons (Fsp3) is 0.565. The first-order valence-electron chi connectivity index (χ1n) is 10.9. The number of anilines is 2. The van der Waals surface area contributed by atoms with Crippen molar-refractivity contribution in [1.82, 2.24) is 10.2 Å². The molecule has 31 heavy (non-hydrogen) atoms. The summed E-state index contributed by atoms with van der Waals surface area (Å²) in [7, 11) is 0. The Morgan fingerprint density at radius 3 is 2.61 bits per heavy atom. The fourth-order valence-electron chi connectivity index (χ4n) is 5.70. The summed E-state index contributed by atoms with van der Waals surface area (Å²) in [6.45, 7) is 6.55. The van der Waals surface area contributed by atoms with E-state index in [-0.39, 0.29) is 23.8 Å². The molecule has 0 bridgehead atoms. The number of amides is 5. The van der Waals surface area contributed by atoms with Gasteiger partial charge in [-0.2, -0.15) is 0 Å². The minimum Gasteiger partial charge on any atom is -0.323 e. The SMILES string of the molecule is C[C@H]1CC(C)(C)C[C@@]2(C1)NC(=O)N(CC(=O)Nc1ccccc1N1CCCC1=O)C2=O. The lowest BCUT2D eigenvalue weighted by molar-refractivity contribution is -0.136. The van der Waals surface area contributed by atoms with Crippen molar-refractivity contribution in [2.75, 3.05) is 23.3 Å². The highest BCUT2D eigenvalue weighted by atomic mass is 16.2. The molecule has 1 aliphatic carbocycles. The van der Waals surface area contributed by atoms with E-state index >= 15 is 0 Å². The van der Waals surface area contributed by atoms with E-state index in [0.717, 1.165) is 17.7 Å². The van der Waals surface area contributed by atoms with Crippen LogP contribution in [0.5, 0.6) is 0 Å². The van der Waals surface area contributed by atoms with Gasteiger partial charge in [-0.3, -0.25) is 19.3 Å². The third kappa shape index (κ3) is 4.03. The number of rotatable bonds is 4. The van der Waals surface area contributed by atoms with Crippen molar-refractivity contribution in [3.63, 3.8) is 0 Å². The maximum Gasteiger partial charge on any atom is 0.325 e. The molecule has 0 unspecified atom stereocenters. The van der Waals surface area contributed by atoms with E-state index in [1.54, 1.807) is 23.1 Å². The van der Waals surface area contributed by atoms with E-state index in [4.69, 9.17) is 0 Å². The van der Waals surface area contributed by atoms with Crippen molar-refractivity contribution < 1.29 is 19.2 Å². The molecular weight excluding hydrogens is 396 g/mol. The van der Waals surface area contributed by atoms with Gasteiger partial charge in [-0.1, -0.05) is 32.9 Å². The summed E-state index contributed by atoms with van der Waals surface area (Å²) in [5, 5.41) is 5.68. The Morgan fingerprint density at radius 1 is 1.19 bits per heavy atom. The van der Waals surface area contributed by atoms with E-state index < -0.39 is 17.5 Å². The summed E-state index contributed by atoms with van der Waals surface area (Å²) in [5.74, 6) is -0.475. The molecule has 1 aromatic rings. The van der Waals surface area contributed by atoms with Gasteiger partial charge in [-0.25, -0.2) is 4.79 Å². The molecule has 4 rings (SSSR count). The molecule has 8 nitrogen and oxygen atoms in total. The molecule has 2 heterocycles. The van der Waals surface area contributed by atoms with Gasteiger partial charge >= 0.3 is 6.03 Å². The van der Waals surface area contributed by atoms with Crippen LogP contribution in [0.1, 0.15) is 52.9 Å². The Hall–Kier alpha value is -2.90. The summed E-state index contributed by atoms with van der Waals surface area (Å²) in [4.78, 5) is 53.5. The number of nitrogens with one attached hydrogen (secondary N) is 2. The molecule has 0 radical (unpaired) electrons. The maximum atomic E-state index is 13.2. The van der Waals surface area contributed by atoms with E-state index in [9.17, 15) is 19.2 Å². The number of hydrogen-bond donors (Lipinski definition) is 2. The first-order chi connectivity index (χ1) is 14.6. The van der Waals surface area contributed by atoms with Crippen molar-refractivity contribution in [1.29, 1.82) is 0 Å². The molecule has 2 N–H and O–H groups in total. The number of para-hydroxylation sites is 2. The van der Waals surface area contributed by atoms with E-state index in [2.05, 4.69) is 31.4 Å². The second-order valence-corrected chi connectivity index (χ2v) is 9.97. The van der Waals surface area contributed by atoms with E-state index in [1.165, 1.54) is 0 Å². The van der Waals surface area contributed by atoms with Crippen molar-refractivity contribution in [2.24, 2.45) is 11.3 Å². The predicted molar refractivity (Wildman–Crippen MR) is 116 cm³/mol. The number of benzene rings is 1. The lowest BCUT2D eigenvalue weighted by atomic mass is 9.64. The van der Waals surface area contributed by atoms with Gasteiger partial charge in [0.05, 0.1) is 11.4 Å². The summed E-state index contributed by atoms with van der Waals surface area (Å²) in [6, 6.07) is 6.57. The van der Waals surface area contributed by atoms with Crippen LogP contribution < -0.4 is 15.5 Å². The van der Waals surface area contributed by atoms with Crippen LogP contribution in [-0.4, -0.2) is 47.3 Å². The molecule has 2 saturated heterocycles. The summed E-state index contributed by atoms with van der Waals surface area (Å²) in [6.07, 6.45) is 3.40. The average molecular weight is 427 g/mol. The van der Waals surface area contributed by atoms with Crippen LogP contribution in [-0.2, 0) is 14.4 Å². The second-order valence-electron chi connectivity index (χ2n) is 9.97. The topological polar surface area (TPSA) is 98.8 Å².